The van der Waals surface area contributed by atoms with Crippen LogP contribution in [0.4, 0.5) is 0 Å². The first-order chi connectivity index (χ1) is 16.6. The predicted molar refractivity (Wildman–Crippen MR) is 137 cm³/mol. The molecule has 6 aromatic rings. The fourth-order valence-electron chi connectivity index (χ4n) is 3.99. The highest BCUT2D eigenvalue weighted by Crippen LogP contribution is 2.27. The Hall–Kier alpha value is -4.44. The average molecular weight is 443 g/mol. The summed E-state index contributed by atoms with van der Waals surface area (Å²) in [5.41, 5.74) is 9.86. The number of aryl methyl sites for hydroxylation is 2. The van der Waals surface area contributed by atoms with Crippen LogP contribution in [0.25, 0.3) is 57.3 Å². The summed E-state index contributed by atoms with van der Waals surface area (Å²) in [5.74, 6) is 1.28. The predicted octanol–water partition coefficient (Wildman–Crippen LogP) is 8.09. The summed E-state index contributed by atoms with van der Waals surface area (Å²) >= 11 is 0. The fourth-order valence-corrected chi connectivity index (χ4v) is 3.99. The first-order valence-corrected chi connectivity index (χ1v) is 11.2. The lowest BCUT2D eigenvalue weighted by molar-refractivity contribution is 0.619. The van der Waals surface area contributed by atoms with E-state index < -0.39 is 0 Å². The number of nitrogens with zero attached hydrogens (tertiary/aromatic N) is 2. The Kier molecular flexibility index (Phi) is 4.84. The third kappa shape index (κ3) is 3.90. The molecule has 4 nitrogen and oxygen atoms in total. The first kappa shape index (κ1) is 20.2. The Labute approximate surface area is 197 Å². The number of aromatic nitrogens is 2. The zero-order valence-corrected chi connectivity index (χ0v) is 18.9. The van der Waals surface area contributed by atoms with Crippen LogP contribution >= 0.6 is 0 Å². The van der Waals surface area contributed by atoms with Crippen molar-refractivity contribution in [1.29, 1.82) is 0 Å². The van der Waals surface area contributed by atoms with Crippen molar-refractivity contribution < 1.29 is 8.83 Å². The molecule has 0 fully saturated rings. The van der Waals surface area contributed by atoms with E-state index in [0.29, 0.717) is 11.8 Å². The minimum absolute atomic E-state index is 0.640. The van der Waals surface area contributed by atoms with Crippen LogP contribution < -0.4 is 0 Å². The molecule has 0 radical (unpaired) electrons. The van der Waals surface area contributed by atoms with E-state index in [9.17, 15) is 0 Å². The molecule has 0 saturated heterocycles. The molecule has 164 valence electrons. The van der Waals surface area contributed by atoms with Crippen molar-refractivity contribution in [1.82, 2.24) is 9.97 Å². The standard InChI is InChI=1S/C30H22N2O2/c1-19-3-15-27-25(17-19)31-29(33-27)23-11-7-21(8-12-23)5-6-22-9-13-24(14-10-22)30-32-26-18-20(2)4-16-28(26)34-30/h3-18H,1-2H3/b6-5-. The van der Waals surface area contributed by atoms with Crippen LogP contribution in [0.15, 0.2) is 93.8 Å². The lowest BCUT2D eigenvalue weighted by Crippen LogP contribution is -1.80. The maximum Gasteiger partial charge on any atom is 0.227 e. The van der Waals surface area contributed by atoms with Gasteiger partial charge in [0.1, 0.15) is 11.0 Å². The van der Waals surface area contributed by atoms with Gasteiger partial charge in [-0.2, -0.15) is 0 Å². The molecular weight excluding hydrogens is 420 g/mol. The summed E-state index contributed by atoms with van der Waals surface area (Å²) < 4.78 is 11.8. The van der Waals surface area contributed by atoms with Gasteiger partial charge in [-0.25, -0.2) is 9.97 Å². The maximum atomic E-state index is 5.91. The van der Waals surface area contributed by atoms with Crippen molar-refractivity contribution in [2.24, 2.45) is 0 Å². The van der Waals surface area contributed by atoms with Gasteiger partial charge in [0, 0.05) is 11.1 Å². The molecule has 0 amide bonds. The molecule has 0 atom stereocenters. The minimum Gasteiger partial charge on any atom is -0.436 e. The van der Waals surface area contributed by atoms with Crippen molar-refractivity contribution in [3.8, 4) is 22.9 Å². The van der Waals surface area contributed by atoms with Crippen molar-refractivity contribution in [2.45, 2.75) is 13.8 Å². The van der Waals surface area contributed by atoms with Gasteiger partial charge in [0.15, 0.2) is 11.2 Å². The molecule has 0 N–H and O–H groups in total. The van der Waals surface area contributed by atoms with Crippen LogP contribution in [-0.4, -0.2) is 9.97 Å². The minimum atomic E-state index is 0.640. The van der Waals surface area contributed by atoms with Gasteiger partial charge < -0.3 is 8.83 Å². The zero-order valence-electron chi connectivity index (χ0n) is 18.9. The number of oxazole rings is 2. The van der Waals surface area contributed by atoms with E-state index in [1.807, 2.05) is 60.7 Å². The van der Waals surface area contributed by atoms with E-state index in [4.69, 9.17) is 8.83 Å². The average Bonchev–Trinajstić information content (AvgIpc) is 3.47. The second kappa shape index (κ2) is 8.16. The van der Waals surface area contributed by atoms with Gasteiger partial charge in [0.25, 0.3) is 0 Å². The molecule has 0 saturated carbocycles. The number of hydrogen-bond acceptors (Lipinski definition) is 4. The van der Waals surface area contributed by atoms with Crippen molar-refractivity contribution in [3.63, 3.8) is 0 Å². The highest BCUT2D eigenvalue weighted by Gasteiger charge is 2.09. The molecule has 0 spiro atoms. The van der Waals surface area contributed by atoms with Crippen LogP contribution in [0.5, 0.6) is 0 Å². The second-order valence-corrected chi connectivity index (χ2v) is 8.56. The van der Waals surface area contributed by atoms with E-state index in [1.165, 1.54) is 11.1 Å². The Balaban J connectivity index is 1.18. The summed E-state index contributed by atoms with van der Waals surface area (Å²) in [5, 5.41) is 0. The Morgan fingerprint density at radius 1 is 0.529 bits per heavy atom. The van der Waals surface area contributed by atoms with Crippen LogP contribution in [0, 0.1) is 13.8 Å². The van der Waals surface area contributed by atoms with Crippen molar-refractivity contribution in [3.05, 3.63) is 107 Å². The normalized spacial score (nSPS) is 11.7. The summed E-state index contributed by atoms with van der Waals surface area (Å²) in [6.07, 6.45) is 4.19. The molecule has 6 rings (SSSR count). The monoisotopic (exact) mass is 442 g/mol. The highest BCUT2D eigenvalue weighted by molar-refractivity contribution is 5.79. The summed E-state index contributed by atoms with van der Waals surface area (Å²) in [6.45, 7) is 4.11. The molecule has 0 aliphatic rings. The van der Waals surface area contributed by atoms with Gasteiger partial charge in [0.05, 0.1) is 0 Å². The quantitative estimate of drug-likeness (QED) is 0.259. The molecule has 0 aliphatic carbocycles. The van der Waals surface area contributed by atoms with Crippen molar-refractivity contribution in [2.75, 3.05) is 0 Å². The summed E-state index contributed by atoms with van der Waals surface area (Å²) in [4.78, 5) is 9.24. The van der Waals surface area contributed by atoms with Gasteiger partial charge in [-0.1, -0.05) is 48.6 Å². The molecule has 2 heterocycles. The molecule has 2 aromatic heterocycles. The van der Waals surface area contributed by atoms with E-state index in [1.54, 1.807) is 0 Å². The number of benzene rings is 4. The van der Waals surface area contributed by atoms with Crippen molar-refractivity contribution >= 4 is 34.4 Å². The number of hydrogen-bond donors (Lipinski definition) is 0. The first-order valence-electron chi connectivity index (χ1n) is 11.2. The van der Waals surface area contributed by atoms with E-state index >= 15 is 0 Å². The summed E-state index contributed by atoms with van der Waals surface area (Å²) in [7, 11) is 0. The maximum absolute atomic E-state index is 5.91. The van der Waals surface area contributed by atoms with E-state index in [-0.39, 0.29) is 0 Å². The molecule has 4 aromatic carbocycles. The highest BCUT2D eigenvalue weighted by atomic mass is 16.4. The molecular formula is C30H22N2O2. The third-order valence-electron chi connectivity index (χ3n) is 5.87. The van der Waals surface area contributed by atoms with E-state index in [2.05, 4.69) is 60.2 Å². The van der Waals surface area contributed by atoms with Gasteiger partial charge >= 0.3 is 0 Å². The van der Waals surface area contributed by atoms with Gasteiger partial charge in [-0.15, -0.1) is 0 Å². The topological polar surface area (TPSA) is 52.1 Å². The van der Waals surface area contributed by atoms with Gasteiger partial charge in [0.2, 0.25) is 11.8 Å². The Morgan fingerprint density at radius 3 is 1.35 bits per heavy atom. The largest absolute Gasteiger partial charge is 0.436 e. The van der Waals surface area contributed by atoms with Crippen LogP contribution in [0.1, 0.15) is 22.3 Å². The summed E-state index contributed by atoms with van der Waals surface area (Å²) in [6, 6.07) is 28.5. The lowest BCUT2D eigenvalue weighted by atomic mass is 10.1. The molecule has 0 aliphatic heterocycles. The Bertz CT molecular complexity index is 1530. The molecule has 0 unspecified atom stereocenters. The lowest BCUT2D eigenvalue weighted by Gasteiger charge is -1.99. The molecule has 0 bridgehead atoms. The third-order valence-corrected chi connectivity index (χ3v) is 5.87. The fraction of sp³-hybridized carbons (Fsp3) is 0.0667. The van der Waals surface area contributed by atoms with Crippen LogP contribution in [0.3, 0.4) is 0 Å². The van der Waals surface area contributed by atoms with E-state index in [0.717, 1.165) is 44.5 Å². The van der Waals surface area contributed by atoms with Crippen LogP contribution in [-0.2, 0) is 0 Å². The number of fused-ring (bicyclic) bond motifs is 2. The Morgan fingerprint density at radius 2 is 0.941 bits per heavy atom. The van der Waals surface area contributed by atoms with Crippen LogP contribution in [0.2, 0.25) is 0 Å². The SMILES string of the molecule is Cc1ccc2oc(-c3ccc(/C=C\c4ccc(-c5nc6cc(C)ccc6o5)cc4)cc3)nc2c1. The molecule has 34 heavy (non-hydrogen) atoms. The van der Waals surface area contributed by atoms with Gasteiger partial charge in [-0.05, 0) is 84.6 Å². The smallest absolute Gasteiger partial charge is 0.227 e. The molecule has 4 heteroatoms. The zero-order chi connectivity index (χ0) is 23.1. The second-order valence-electron chi connectivity index (χ2n) is 8.56. The number of rotatable bonds is 4. The van der Waals surface area contributed by atoms with Gasteiger partial charge in [-0.3, -0.25) is 0 Å².